The van der Waals surface area contributed by atoms with Crippen LogP contribution in [0.1, 0.15) is 19.4 Å². The molecular formula is C12H16NO2P. The fourth-order valence-corrected chi connectivity index (χ4v) is 4.00. The van der Waals surface area contributed by atoms with Gasteiger partial charge in [0.2, 0.25) is 0 Å². The van der Waals surface area contributed by atoms with Crippen molar-refractivity contribution in [3.8, 4) is 0 Å². The van der Waals surface area contributed by atoms with E-state index in [0.29, 0.717) is 6.04 Å². The Morgan fingerprint density at radius 1 is 1.44 bits per heavy atom. The summed E-state index contributed by atoms with van der Waals surface area (Å²) < 4.78 is 13.9. The largest absolute Gasteiger partial charge is 0.315 e. The molecule has 2 aliphatic rings. The van der Waals surface area contributed by atoms with Gasteiger partial charge in [-0.25, -0.2) is 0 Å². The lowest BCUT2D eigenvalue weighted by atomic mass is 10.1. The van der Waals surface area contributed by atoms with Crippen LogP contribution in [0.5, 0.6) is 0 Å². The standard InChI is InChI=1S/C12H16NO2P/c1-9(2)15-16-13-11(8-14-16)7-10-5-3-4-6-12(10)13/h3-6,9,11H,7-8H2,1-2H3/t11-,16-/m0/s1. The van der Waals surface area contributed by atoms with Crippen molar-refractivity contribution < 1.29 is 9.05 Å². The molecule has 16 heavy (non-hydrogen) atoms. The topological polar surface area (TPSA) is 21.7 Å². The van der Waals surface area contributed by atoms with Crippen molar-refractivity contribution in [2.75, 3.05) is 11.3 Å². The first kappa shape index (κ1) is 10.5. The molecule has 0 aliphatic carbocycles. The first-order valence-corrected chi connectivity index (χ1v) is 6.85. The molecule has 0 N–H and O–H groups in total. The molecule has 1 aromatic rings. The molecule has 1 aromatic carbocycles. The SMILES string of the molecule is CC(C)O[P@]1OC[C@@H]2Cc3ccccc3N21. The number of fused-ring (bicyclic) bond motifs is 3. The normalized spacial score (nSPS) is 27.3. The van der Waals surface area contributed by atoms with E-state index >= 15 is 0 Å². The van der Waals surface area contributed by atoms with E-state index in [0.717, 1.165) is 13.0 Å². The van der Waals surface area contributed by atoms with Crippen molar-refractivity contribution in [1.29, 1.82) is 0 Å². The van der Waals surface area contributed by atoms with Gasteiger partial charge in [-0.05, 0) is 31.9 Å². The van der Waals surface area contributed by atoms with E-state index < -0.39 is 8.53 Å². The average molecular weight is 237 g/mol. The summed E-state index contributed by atoms with van der Waals surface area (Å²) in [6.07, 6.45) is 1.31. The third-order valence-electron chi connectivity index (χ3n) is 2.89. The van der Waals surface area contributed by atoms with E-state index in [1.165, 1.54) is 11.3 Å². The lowest BCUT2D eigenvalue weighted by Crippen LogP contribution is -2.23. The van der Waals surface area contributed by atoms with Crippen molar-refractivity contribution in [2.24, 2.45) is 0 Å². The molecule has 3 rings (SSSR count). The first-order valence-electron chi connectivity index (χ1n) is 5.72. The third kappa shape index (κ3) is 1.64. The summed E-state index contributed by atoms with van der Waals surface area (Å²) in [5.41, 5.74) is 2.73. The van der Waals surface area contributed by atoms with Crippen molar-refractivity contribution in [3.05, 3.63) is 29.8 Å². The fraction of sp³-hybridized carbons (Fsp3) is 0.500. The first-order chi connectivity index (χ1) is 7.75. The number of nitrogens with zero attached hydrogens (tertiary/aromatic N) is 1. The fourth-order valence-electron chi connectivity index (χ4n) is 2.27. The van der Waals surface area contributed by atoms with Gasteiger partial charge in [0.15, 0.2) is 0 Å². The molecule has 2 aliphatic heterocycles. The highest BCUT2D eigenvalue weighted by Gasteiger charge is 2.42. The molecule has 0 spiro atoms. The predicted octanol–water partition coefficient (Wildman–Crippen LogP) is 3.10. The van der Waals surface area contributed by atoms with Crippen LogP contribution in [0.15, 0.2) is 24.3 Å². The van der Waals surface area contributed by atoms with E-state index in [1.54, 1.807) is 0 Å². The van der Waals surface area contributed by atoms with Crippen molar-refractivity contribution >= 4 is 14.2 Å². The number of hydrogen-bond acceptors (Lipinski definition) is 3. The van der Waals surface area contributed by atoms with Crippen LogP contribution in [0, 0.1) is 0 Å². The molecule has 1 fully saturated rings. The number of benzene rings is 1. The van der Waals surface area contributed by atoms with Gasteiger partial charge in [-0.1, -0.05) is 18.2 Å². The number of hydrogen-bond donors (Lipinski definition) is 0. The summed E-state index contributed by atoms with van der Waals surface area (Å²) >= 11 is 0. The van der Waals surface area contributed by atoms with Crippen molar-refractivity contribution in [2.45, 2.75) is 32.4 Å². The van der Waals surface area contributed by atoms with Gasteiger partial charge < -0.3 is 13.7 Å². The maximum Gasteiger partial charge on any atom is 0.290 e. The minimum absolute atomic E-state index is 0.220. The Labute approximate surface area is 97.3 Å². The Morgan fingerprint density at radius 2 is 2.25 bits per heavy atom. The Hall–Kier alpha value is -0.630. The molecule has 1 saturated heterocycles. The monoisotopic (exact) mass is 237 g/mol. The van der Waals surface area contributed by atoms with Crippen LogP contribution in [-0.4, -0.2) is 18.8 Å². The molecule has 0 unspecified atom stereocenters. The number of rotatable bonds is 2. The summed E-state index contributed by atoms with van der Waals surface area (Å²) in [6, 6.07) is 9.05. The third-order valence-corrected chi connectivity index (χ3v) is 4.76. The van der Waals surface area contributed by atoms with Crippen LogP contribution < -0.4 is 4.67 Å². The smallest absolute Gasteiger partial charge is 0.290 e. The summed E-state index contributed by atoms with van der Waals surface area (Å²) in [4.78, 5) is 0. The molecule has 0 bridgehead atoms. The van der Waals surface area contributed by atoms with E-state index in [1.807, 2.05) is 0 Å². The van der Waals surface area contributed by atoms with Gasteiger partial charge in [0.1, 0.15) is 0 Å². The van der Waals surface area contributed by atoms with Gasteiger partial charge in [0.05, 0.1) is 18.8 Å². The van der Waals surface area contributed by atoms with Crippen LogP contribution in [0.3, 0.4) is 0 Å². The van der Waals surface area contributed by atoms with Crippen LogP contribution in [0.2, 0.25) is 0 Å². The second-order valence-electron chi connectivity index (χ2n) is 4.52. The molecule has 3 nitrogen and oxygen atoms in total. The minimum Gasteiger partial charge on any atom is -0.315 e. The van der Waals surface area contributed by atoms with Gasteiger partial charge in [0.25, 0.3) is 8.53 Å². The van der Waals surface area contributed by atoms with E-state index in [-0.39, 0.29) is 6.10 Å². The van der Waals surface area contributed by atoms with Crippen molar-refractivity contribution in [3.63, 3.8) is 0 Å². The maximum atomic E-state index is 5.85. The lowest BCUT2D eigenvalue weighted by Gasteiger charge is -2.24. The molecule has 4 heteroatoms. The summed E-state index contributed by atoms with van der Waals surface area (Å²) in [7, 11) is -0.878. The van der Waals surface area contributed by atoms with E-state index in [4.69, 9.17) is 9.05 Å². The second kappa shape index (κ2) is 3.99. The quantitative estimate of drug-likeness (QED) is 0.738. The summed E-state index contributed by atoms with van der Waals surface area (Å²) in [6.45, 7) is 4.91. The van der Waals surface area contributed by atoms with Gasteiger partial charge in [-0.3, -0.25) is 0 Å². The Morgan fingerprint density at radius 3 is 3.06 bits per heavy atom. The molecular weight excluding hydrogens is 221 g/mol. The number of anilines is 1. The van der Waals surface area contributed by atoms with Crippen LogP contribution in [-0.2, 0) is 15.5 Å². The maximum absolute atomic E-state index is 5.85. The molecule has 86 valence electrons. The zero-order chi connectivity index (χ0) is 11.1. The molecule has 2 heterocycles. The highest BCUT2D eigenvalue weighted by molar-refractivity contribution is 7.49. The molecule has 0 aromatic heterocycles. The Kier molecular flexibility index (Phi) is 2.62. The molecule has 2 atom stereocenters. The Bertz CT molecular complexity index is 396. The molecule has 0 amide bonds. The van der Waals surface area contributed by atoms with Crippen molar-refractivity contribution in [1.82, 2.24) is 0 Å². The van der Waals surface area contributed by atoms with E-state index in [9.17, 15) is 0 Å². The van der Waals surface area contributed by atoms with Gasteiger partial charge in [0, 0.05) is 5.69 Å². The molecule has 0 saturated carbocycles. The van der Waals surface area contributed by atoms with Crippen LogP contribution in [0.4, 0.5) is 5.69 Å². The summed E-state index contributed by atoms with van der Waals surface area (Å²) in [5, 5.41) is 0. The zero-order valence-electron chi connectivity index (χ0n) is 9.59. The van der Waals surface area contributed by atoms with Crippen LogP contribution >= 0.6 is 8.53 Å². The Balaban J connectivity index is 1.88. The van der Waals surface area contributed by atoms with Gasteiger partial charge in [-0.15, -0.1) is 0 Å². The number of para-hydroxylation sites is 1. The minimum atomic E-state index is -0.878. The molecule has 0 radical (unpaired) electrons. The van der Waals surface area contributed by atoms with Gasteiger partial charge in [-0.2, -0.15) is 0 Å². The highest BCUT2D eigenvalue weighted by atomic mass is 31.2. The van der Waals surface area contributed by atoms with Gasteiger partial charge >= 0.3 is 0 Å². The predicted molar refractivity (Wildman–Crippen MR) is 65.5 cm³/mol. The lowest BCUT2D eigenvalue weighted by molar-refractivity contribution is 0.221. The average Bonchev–Trinajstić information content (AvgIpc) is 2.77. The second-order valence-corrected chi connectivity index (χ2v) is 5.89. The van der Waals surface area contributed by atoms with E-state index in [2.05, 4.69) is 42.8 Å². The zero-order valence-corrected chi connectivity index (χ0v) is 10.5. The highest BCUT2D eigenvalue weighted by Crippen LogP contribution is 2.56. The van der Waals surface area contributed by atoms with Crippen LogP contribution in [0.25, 0.3) is 0 Å². The summed E-state index contributed by atoms with van der Waals surface area (Å²) in [5.74, 6) is 0.